The van der Waals surface area contributed by atoms with E-state index in [0.717, 1.165) is 109 Å². The molecule has 0 aliphatic rings. The number of carbonyl (C=O) groups is 3. The van der Waals surface area contributed by atoms with Gasteiger partial charge in [-0.1, -0.05) is 208 Å². The van der Waals surface area contributed by atoms with Crippen molar-refractivity contribution in [3.63, 3.8) is 0 Å². The Kier molecular flexibility index (Phi) is 46.0. The predicted molar refractivity (Wildman–Crippen MR) is 260 cm³/mol. The van der Waals surface area contributed by atoms with Crippen LogP contribution in [0.4, 0.5) is 0 Å². The first-order valence-corrected chi connectivity index (χ1v) is 24.8. The van der Waals surface area contributed by atoms with E-state index >= 15 is 0 Å². The fraction of sp³-hybridized carbons (Fsp3) is 0.655. The van der Waals surface area contributed by atoms with Crippen molar-refractivity contribution in [1.29, 1.82) is 0 Å². The smallest absolute Gasteiger partial charge is 0.306 e. The van der Waals surface area contributed by atoms with Crippen molar-refractivity contribution in [3.05, 3.63) is 97.2 Å². The van der Waals surface area contributed by atoms with Crippen LogP contribution in [-0.2, 0) is 28.6 Å². The number of hydrogen-bond acceptors (Lipinski definition) is 6. The number of allylic oxidation sites excluding steroid dienone is 16. The van der Waals surface area contributed by atoms with Gasteiger partial charge in [-0.25, -0.2) is 0 Å². The largest absolute Gasteiger partial charge is 0.462 e. The van der Waals surface area contributed by atoms with Gasteiger partial charge in [0.2, 0.25) is 0 Å². The highest BCUT2D eigenvalue weighted by Gasteiger charge is 2.19. The molecule has 1 unspecified atom stereocenters. The van der Waals surface area contributed by atoms with Crippen molar-refractivity contribution < 1.29 is 28.6 Å². The van der Waals surface area contributed by atoms with E-state index in [1.165, 1.54) is 64.2 Å². The zero-order chi connectivity index (χ0) is 44.4. The summed E-state index contributed by atoms with van der Waals surface area (Å²) in [5.41, 5.74) is 0. The fourth-order valence-corrected chi connectivity index (χ4v) is 6.50. The predicted octanol–water partition coefficient (Wildman–Crippen LogP) is 16.2. The van der Waals surface area contributed by atoms with E-state index in [4.69, 9.17) is 14.2 Å². The van der Waals surface area contributed by atoms with E-state index in [0.29, 0.717) is 19.3 Å². The van der Waals surface area contributed by atoms with Gasteiger partial charge in [-0.15, -0.1) is 0 Å². The first-order valence-electron chi connectivity index (χ1n) is 24.8. The molecule has 0 rings (SSSR count). The molecule has 6 nitrogen and oxygen atoms in total. The van der Waals surface area contributed by atoms with Crippen molar-refractivity contribution in [3.8, 4) is 0 Å². The maximum Gasteiger partial charge on any atom is 0.306 e. The van der Waals surface area contributed by atoms with Gasteiger partial charge in [-0.2, -0.15) is 0 Å². The molecule has 0 aromatic carbocycles. The summed E-state index contributed by atoms with van der Waals surface area (Å²) in [7, 11) is 0. The molecule has 0 aliphatic carbocycles. The maximum absolute atomic E-state index is 12.8. The molecule has 0 radical (unpaired) electrons. The second kappa shape index (κ2) is 49.0. The molecule has 0 aromatic rings. The van der Waals surface area contributed by atoms with Crippen LogP contribution in [0, 0.1) is 0 Å². The summed E-state index contributed by atoms with van der Waals surface area (Å²) >= 11 is 0. The number of unbranched alkanes of at least 4 members (excludes halogenated alkanes) is 21. The van der Waals surface area contributed by atoms with Gasteiger partial charge in [-0.3, -0.25) is 14.4 Å². The average molecular weight is 847 g/mol. The molecular weight excluding hydrogens is 757 g/mol. The molecule has 0 saturated heterocycles. The van der Waals surface area contributed by atoms with Crippen LogP contribution < -0.4 is 0 Å². The monoisotopic (exact) mass is 847 g/mol. The summed E-state index contributed by atoms with van der Waals surface area (Å²) in [5, 5.41) is 0. The molecule has 0 aromatic heterocycles. The van der Waals surface area contributed by atoms with Crippen molar-refractivity contribution in [2.45, 2.75) is 219 Å². The van der Waals surface area contributed by atoms with Gasteiger partial charge in [0.15, 0.2) is 6.10 Å². The van der Waals surface area contributed by atoms with Crippen LogP contribution in [-0.4, -0.2) is 37.2 Å². The number of hydrogen-bond donors (Lipinski definition) is 0. The standard InChI is InChI=1S/C55H90O6/c1-4-7-10-13-16-19-22-25-27-30-33-36-39-42-45-48-54(57)60-51-52(50-59-53(56)47-44-41-38-35-32-29-24-21-18-15-12-9-6-3)61-55(58)49-46-43-40-37-34-31-28-26-23-20-17-14-11-8-5-2/h7,9-10,12-13,15-16,18-25,27,52H,4-6,8,11,14,17,26,28-51H2,1-3H3/b10-7+,12-9+,16-13+,18-15+,22-19+,23-20+,24-21+,27-25+. The first-order chi connectivity index (χ1) is 30.0. The Balaban J connectivity index is 4.47. The van der Waals surface area contributed by atoms with Crippen LogP contribution in [0.1, 0.15) is 213 Å². The first kappa shape index (κ1) is 57.3. The lowest BCUT2D eigenvalue weighted by molar-refractivity contribution is -0.167. The van der Waals surface area contributed by atoms with E-state index in [9.17, 15) is 14.4 Å². The van der Waals surface area contributed by atoms with Gasteiger partial charge in [0, 0.05) is 19.3 Å². The van der Waals surface area contributed by atoms with Crippen LogP contribution in [0.5, 0.6) is 0 Å². The van der Waals surface area contributed by atoms with E-state index in [2.05, 4.69) is 99.8 Å². The van der Waals surface area contributed by atoms with Crippen molar-refractivity contribution in [2.24, 2.45) is 0 Å². The molecule has 1 atom stereocenters. The minimum absolute atomic E-state index is 0.0991. The highest BCUT2D eigenvalue weighted by molar-refractivity contribution is 5.71. The van der Waals surface area contributed by atoms with Gasteiger partial charge in [0.1, 0.15) is 13.2 Å². The summed E-state index contributed by atoms with van der Waals surface area (Å²) in [6.45, 7) is 6.30. The molecule has 6 heteroatoms. The summed E-state index contributed by atoms with van der Waals surface area (Å²) in [5.74, 6) is -0.951. The number of carbonyl (C=O) groups excluding carboxylic acids is 3. The van der Waals surface area contributed by atoms with Gasteiger partial charge >= 0.3 is 17.9 Å². The normalized spacial score (nSPS) is 12.9. The summed E-state index contributed by atoms with van der Waals surface area (Å²) in [4.78, 5) is 37.9. The number of ether oxygens (including phenoxy) is 3. The van der Waals surface area contributed by atoms with Crippen LogP contribution in [0.15, 0.2) is 97.2 Å². The van der Waals surface area contributed by atoms with Crippen LogP contribution in [0.3, 0.4) is 0 Å². The zero-order valence-electron chi connectivity index (χ0n) is 39.4. The zero-order valence-corrected chi connectivity index (χ0v) is 39.4. The van der Waals surface area contributed by atoms with Gasteiger partial charge in [0.25, 0.3) is 0 Å². The maximum atomic E-state index is 12.8. The molecule has 0 saturated carbocycles. The Morgan fingerprint density at radius 3 is 1.05 bits per heavy atom. The molecule has 0 bridgehead atoms. The summed E-state index contributed by atoms with van der Waals surface area (Å²) in [6.07, 6.45) is 63.8. The van der Waals surface area contributed by atoms with Crippen LogP contribution >= 0.6 is 0 Å². The van der Waals surface area contributed by atoms with Crippen molar-refractivity contribution in [2.75, 3.05) is 13.2 Å². The van der Waals surface area contributed by atoms with Crippen molar-refractivity contribution in [1.82, 2.24) is 0 Å². The number of rotatable bonds is 43. The minimum Gasteiger partial charge on any atom is -0.462 e. The Bertz CT molecular complexity index is 1250. The van der Waals surface area contributed by atoms with Gasteiger partial charge in [0.05, 0.1) is 0 Å². The van der Waals surface area contributed by atoms with E-state index < -0.39 is 6.10 Å². The third kappa shape index (κ3) is 47.2. The van der Waals surface area contributed by atoms with Crippen LogP contribution in [0.2, 0.25) is 0 Å². The van der Waals surface area contributed by atoms with E-state index in [1.807, 2.05) is 18.2 Å². The Labute approximate surface area is 375 Å². The molecule has 0 fully saturated rings. The van der Waals surface area contributed by atoms with E-state index in [-0.39, 0.29) is 31.1 Å². The molecule has 0 aliphatic heterocycles. The molecule has 0 heterocycles. The highest BCUT2D eigenvalue weighted by Crippen LogP contribution is 2.14. The third-order valence-corrected chi connectivity index (χ3v) is 10.2. The summed E-state index contributed by atoms with van der Waals surface area (Å²) in [6, 6.07) is 0. The number of esters is 3. The minimum atomic E-state index is -0.798. The molecule has 0 spiro atoms. The molecular formula is C55H90O6. The molecule has 0 amide bonds. The lowest BCUT2D eigenvalue weighted by Crippen LogP contribution is -2.30. The molecule has 346 valence electrons. The van der Waals surface area contributed by atoms with Crippen LogP contribution in [0.25, 0.3) is 0 Å². The lowest BCUT2D eigenvalue weighted by atomic mass is 10.1. The fourth-order valence-electron chi connectivity index (χ4n) is 6.50. The second-order valence-electron chi connectivity index (χ2n) is 16.1. The molecule has 0 N–H and O–H groups in total. The topological polar surface area (TPSA) is 78.9 Å². The quantitative estimate of drug-likeness (QED) is 0.0200. The third-order valence-electron chi connectivity index (χ3n) is 10.2. The van der Waals surface area contributed by atoms with E-state index in [1.54, 1.807) is 0 Å². The highest BCUT2D eigenvalue weighted by atomic mass is 16.6. The SMILES string of the molecule is CC/C=C/C=C/C=C/C=C/CCCCCCCC(=O)OCC(COC(=O)CCCCCCC/C=C/C=C/C=C/CC)OC(=O)CCCCCCCCC/C=C/CCCCCC. The Morgan fingerprint density at radius 2 is 0.656 bits per heavy atom. The summed E-state index contributed by atoms with van der Waals surface area (Å²) < 4.78 is 16.7. The lowest BCUT2D eigenvalue weighted by Gasteiger charge is -2.18. The van der Waals surface area contributed by atoms with Crippen molar-refractivity contribution >= 4 is 17.9 Å². The van der Waals surface area contributed by atoms with Gasteiger partial charge in [-0.05, 0) is 83.5 Å². The second-order valence-corrected chi connectivity index (χ2v) is 16.1. The average Bonchev–Trinajstić information content (AvgIpc) is 3.26. The van der Waals surface area contributed by atoms with Gasteiger partial charge < -0.3 is 14.2 Å². The molecule has 61 heavy (non-hydrogen) atoms. The Hall–Kier alpha value is -3.67. The Morgan fingerprint density at radius 1 is 0.344 bits per heavy atom.